The van der Waals surface area contributed by atoms with E-state index in [1.165, 1.54) is 28.6 Å². The fourth-order valence-corrected chi connectivity index (χ4v) is 4.20. The van der Waals surface area contributed by atoms with Gasteiger partial charge in [0.2, 0.25) is 15.9 Å². The van der Waals surface area contributed by atoms with E-state index in [0.29, 0.717) is 18.5 Å². The Morgan fingerprint density at radius 3 is 2.42 bits per heavy atom. The summed E-state index contributed by atoms with van der Waals surface area (Å²) in [6.07, 6.45) is 0.610. The Balaban J connectivity index is 1.82. The molecule has 0 aromatic heterocycles. The molecule has 1 saturated heterocycles. The Hall–Kier alpha value is -2.00. The fraction of sp³-hybridized carbons (Fsp3) is 0.529. The highest BCUT2D eigenvalue weighted by molar-refractivity contribution is 7.89. The molecular formula is C17H23FN2O5S. The van der Waals surface area contributed by atoms with Crippen LogP contribution in [0.15, 0.2) is 24.3 Å². The first-order chi connectivity index (χ1) is 12.3. The number of hydrogen-bond donors (Lipinski definition) is 1. The molecule has 1 N–H and O–H groups in total. The maximum atomic E-state index is 12.9. The molecule has 144 valence electrons. The molecule has 0 radical (unpaired) electrons. The van der Waals surface area contributed by atoms with Crippen LogP contribution in [-0.2, 0) is 24.3 Å². The topological polar surface area (TPSA) is 92.8 Å². The average molecular weight is 386 g/mol. The third-order valence-electron chi connectivity index (χ3n) is 4.20. The van der Waals surface area contributed by atoms with Crippen LogP contribution in [0.4, 0.5) is 10.1 Å². The number of carbonyl (C=O) groups excluding carboxylic acids is 2. The number of piperidine rings is 1. The first-order valence-corrected chi connectivity index (χ1v) is 10.1. The number of nitrogens with one attached hydrogen (secondary N) is 1. The molecule has 1 aliphatic heterocycles. The lowest BCUT2D eigenvalue weighted by Gasteiger charge is -2.30. The molecule has 1 heterocycles. The molecule has 7 nitrogen and oxygen atoms in total. The highest BCUT2D eigenvalue weighted by Gasteiger charge is 2.31. The lowest BCUT2D eigenvalue weighted by molar-refractivity contribution is -0.142. The molecule has 0 saturated carbocycles. The standard InChI is InChI=1S/C17H23FN2O5S/c1-2-25-16(21)9-12-26(23,24)20-10-7-13(8-11-20)17(22)19-15-5-3-14(18)4-6-15/h3-6,13H,2,7-12H2,1H3,(H,19,22). The zero-order valence-corrected chi connectivity index (χ0v) is 15.4. The number of carbonyl (C=O) groups is 2. The van der Waals surface area contributed by atoms with Crippen molar-refractivity contribution in [1.82, 2.24) is 4.31 Å². The smallest absolute Gasteiger partial charge is 0.306 e. The summed E-state index contributed by atoms with van der Waals surface area (Å²) in [6, 6.07) is 5.47. The molecule has 0 atom stereocenters. The van der Waals surface area contributed by atoms with Crippen molar-refractivity contribution in [3.8, 4) is 0 Å². The van der Waals surface area contributed by atoms with Gasteiger partial charge < -0.3 is 10.1 Å². The molecule has 1 fully saturated rings. The summed E-state index contributed by atoms with van der Waals surface area (Å²) >= 11 is 0. The Labute approximate surface area is 152 Å². The van der Waals surface area contributed by atoms with Gasteiger partial charge in [-0.2, -0.15) is 0 Å². The molecule has 1 aromatic rings. The number of amides is 1. The van der Waals surface area contributed by atoms with Gasteiger partial charge in [-0.15, -0.1) is 0 Å². The third-order valence-corrected chi connectivity index (χ3v) is 6.07. The van der Waals surface area contributed by atoms with Crippen LogP contribution in [0, 0.1) is 11.7 Å². The second kappa shape index (κ2) is 9.09. The minimum absolute atomic E-state index is 0.179. The minimum Gasteiger partial charge on any atom is -0.466 e. The number of nitrogens with zero attached hydrogens (tertiary/aromatic N) is 1. The number of halogens is 1. The summed E-state index contributed by atoms with van der Waals surface area (Å²) in [6.45, 7) is 2.33. The van der Waals surface area contributed by atoms with Gasteiger partial charge in [0.05, 0.1) is 18.8 Å². The van der Waals surface area contributed by atoms with Crippen molar-refractivity contribution in [2.45, 2.75) is 26.2 Å². The van der Waals surface area contributed by atoms with E-state index in [9.17, 15) is 22.4 Å². The Kier molecular flexibility index (Phi) is 7.10. The first-order valence-electron chi connectivity index (χ1n) is 8.51. The SMILES string of the molecule is CCOC(=O)CCS(=O)(=O)N1CCC(C(=O)Nc2ccc(F)cc2)CC1. The summed E-state index contributed by atoms with van der Waals surface area (Å²) in [5, 5.41) is 2.71. The van der Waals surface area contributed by atoms with Crippen LogP contribution < -0.4 is 5.32 Å². The van der Waals surface area contributed by atoms with E-state index < -0.39 is 16.0 Å². The molecule has 0 unspecified atom stereocenters. The van der Waals surface area contributed by atoms with Crippen LogP contribution in [-0.4, -0.2) is 50.0 Å². The van der Waals surface area contributed by atoms with E-state index in [-0.39, 0.29) is 49.5 Å². The van der Waals surface area contributed by atoms with E-state index in [2.05, 4.69) is 5.32 Å². The molecule has 1 amide bonds. The summed E-state index contributed by atoms with van der Waals surface area (Å²) in [5.41, 5.74) is 0.501. The highest BCUT2D eigenvalue weighted by Crippen LogP contribution is 2.22. The van der Waals surface area contributed by atoms with Gasteiger partial charge in [-0.25, -0.2) is 17.1 Å². The van der Waals surface area contributed by atoms with Gasteiger partial charge in [0.1, 0.15) is 5.82 Å². The van der Waals surface area contributed by atoms with E-state index >= 15 is 0 Å². The van der Waals surface area contributed by atoms with Crippen LogP contribution in [0.5, 0.6) is 0 Å². The second-order valence-electron chi connectivity index (χ2n) is 6.04. The van der Waals surface area contributed by atoms with Crippen LogP contribution >= 0.6 is 0 Å². The number of benzene rings is 1. The number of sulfonamides is 1. The summed E-state index contributed by atoms with van der Waals surface area (Å²) in [5.74, 6) is -1.73. The third kappa shape index (κ3) is 5.77. The Bertz CT molecular complexity index is 728. The largest absolute Gasteiger partial charge is 0.466 e. The first kappa shape index (κ1) is 20.3. The van der Waals surface area contributed by atoms with Gasteiger partial charge in [0.25, 0.3) is 0 Å². The summed E-state index contributed by atoms with van der Waals surface area (Å²) < 4.78 is 43.5. The van der Waals surface area contributed by atoms with Gasteiger partial charge in [0.15, 0.2) is 0 Å². The van der Waals surface area contributed by atoms with Gasteiger partial charge in [0, 0.05) is 24.7 Å². The number of esters is 1. The van der Waals surface area contributed by atoms with Crippen molar-refractivity contribution in [2.24, 2.45) is 5.92 Å². The molecule has 0 spiro atoms. The predicted molar refractivity (Wildman–Crippen MR) is 94.4 cm³/mol. The zero-order chi connectivity index (χ0) is 19.2. The van der Waals surface area contributed by atoms with Crippen molar-refractivity contribution >= 4 is 27.6 Å². The molecular weight excluding hydrogens is 363 g/mol. The van der Waals surface area contributed by atoms with E-state index in [0.717, 1.165) is 0 Å². The molecule has 0 aliphatic carbocycles. The maximum absolute atomic E-state index is 12.9. The van der Waals surface area contributed by atoms with E-state index in [1.807, 2.05) is 0 Å². The average Bonchev–Trinajstić information content (AvgIpc) is 2.62. The lowest BCUT2D eigenvalue weighted by atomic mass is 9.97. The lowest BCUT2D eigenvalue weighted by Crippen LogP contribution is -2.42. The van der Waals surface area contributed by atoms with Crippen molar-refractivity contribution < 1.29 is 27.1 Å². The number of anilines is 1. The molecule has 26 heavy (non-hydrogen) atoms. The van der Waals surface area contributed by atoms with Gasteiger partial charge in [-0.1, -0.05) is 0 Å². The van der Waals surface area contributed by atoms with Gasteiger partial charge in [-0.05, 0) is 44.0 Å². The molecule has 1 aromatic carbocycles. The number of rotatable bonds is 7. The highest BCUT2D eigenvalue weighted by atomic mass is 32.2. The number of ether oxygens (including phenoxy) is 1. The maximum Gasteiger partial charge on any atom is 0.306 e. The summed E-state index contributed by atoms with van der Waals surface area (Å²) in [7, 11) is -3.55. The second-order valence-corrected chi connectivity index (χ2v) is 8.13. The summed E-state index contributed by atoms with van der Waals surface area (Å²) in [4.78, 5) is 23.6. The van der Waals surface area contributed by atoms with Crippen LogP contribution in [0.2, 0.25) is 0 Å². The predicted octanol–water partition coefficient (Wildman–Crippen LogP) is 1.76. The van der Waals surface area contributed by atoms with Crippen molar-refractivity contribution in [3.05, 3.63) is 30.1 Å². The van der Waals surface area contributed by atoms with Crippen molar-refractivity contribution in [1.29, 1.82) is 0 Å². The van der Waals surface area contributed by atoms with Gasteiger partial charge in [-0.3, -0.25) is 9.59 Å². The Morgan fingerprint density at radius 1 is 1.23 bits per heavy atom. The van der Waals surface area contributed by atoms with Gasteiger partial charge >= 0.3 is 5.97 Å². The number of hydrogen-bond acceptors (Lipinski definition) is 5. The van der Waals surface area contributed by atoms with Crippen LogP contribution in [0.25, 0.3) is 0 Å². The molecule has 2 rings (SSSR count). The zero-order valence-electron chi connectivity index (χ0n) is 14.6. The van der Waals surface area contributed by atoms with Crippen molar-refractivity contribution in [2.75, 3.05) is 30.8 Å². The van der Waals surface area contributed by atoms with Crippen LogP contribution in [0.3, 0.4) is 0 Å². The fourth-order valence-electron chi connectivity index (χ4n) is 2.75. The van der Waals surface area contributed by atoms with Crippen LogP contribution in [0.1, 0.15) is 26.2 Å². The molecule has 0 bridgehead atoms. The Morgan fingerprint density at radius 2 is 1.85 bits per heavy atom. The minimum atomic E-state index is -3.55. The molecule has 9 heteroatoms. The van der Waals surface area contributed by atoms with E-state index in [1.54, 1.807) is 6.92 Å². The normalized spacial score (nSPS) is 16.2. The quantitative estimate of drug-likeness (QED) is 0.721. The van der Waals surface area contributed by atoms with Crippen molar-refractivity contribution in [3.63, 3.8) is 0 Å². The monoisotopic (exact) mass is 386 g/mol. The van der Waals surface area contributed by atoms with E-state index in [4.69, 9.17) is 4.74 Å². The molecule has 1 aliphatic rings.